The number of carbonyl (C=O) groups excluding carboxylic acids is 1. The summed E-state index contributed by atoms with van der Waals surface area (Å²) in [6.07, 6.45) is 4.80. The zero-order valence-corrected chi connectivity index (χ0v) is 15.6. The van der Waals surface area contributed by atoms with Crippen LogP contribution in [0.2, 0.25) is 0 Å². The van der Waals surface area contributed by atoms with E-state index in [4.69, 9.17) is 14.0 Å². The van der Waals surface area contributed by atoms with Crippen LogP contribution in [0.5, 0.6) is 5.88 Å². The fourth-order valence-electron chi connectivity index (χ4n) is 3.75. The van der Waals surface area contributed by atoms with Crippen LogP contribution in [0.3, 0.4) is 0 Å². The largest absolute Gasteiger partial charge is 0.478 e. The fourth-order valence-corrected chi connectivity index (χ4v) is 3.75. The minimum atomic E-state index is -0.294. The zero-order chi connectivity index (χ0) is 18.9. The standard InChI is InChI=1S/C18H23N5O4/c1-13-11-14(21-27-13)17(24)22-7-3-18(4-8-22)12-23(9-10-26-18)15-16(25-2)20-6-5-19-15/h5-6,11H,3-4,7-10,12H2,1-2H3. The van der Waals surface area contributed by atoms with Gasteiger partial charge in [0.2, 0.25) is 0 Å². The van der Waals surface area contributed by atoms with Crippen molar-refractivity contribution in [3.05, 3.63) is 29.9 Å². The highest BCUT2D eigenvalue weighted by Gasteiger charge is 2.42. The summed E-state index contributed by atoms with van der Waals surface area (Å²) in [5.41, 5.74) is 0.0658. The monoisotopic (exact) mass is 373 g/mol. The van der Waals surface area contributed by atoms with E-state index in [1.807, 2.05) is 4.90 Å². The topological polar surface area (TPSA) is 93.8 Å². The molecule has 0 atom stereocenters. The number of anilines is 1. The molecule has 2 fully saturated rings. The van der Waals surface area contributed by atoms with Crippen molar-refractivity contribution in [3.63, 3.8) is 0 Å². The summed E-state index contributed by atoms with van der Waals surface area (Å²) in [5.74, 6) is 1.80. The summed E-state index contributed by atoms with van der Waals surface area (Å²) >= 11 is 0. The molecule has 144 valence electrons. The maximum absolute atomic E-state index is 12.6. The number of hydrogen-bond acceptors (Lipinski definition) is 8. The number of likely N-dealkylation sites (tertiary alicyclic amines) is 1. The maximum atomic E-state index is 12.6. The number of aromatic nitrogens is 3. The summed E-state index contributed by atoms with van der Waals surface area (Å²) in [5, 5.41) is 3.83. The van der Waals surface area contributed by atoms with Gasteiger partial charge in [0.05, 0.1) is 19.3 Å². The van der Waals surface area contributed by atoms with Crippen LogP contribution in [0.15, 0.2) is 23.0 Å². The van der Waals surface area contributed by atoms with Gasteiger partial charge in [-0.05, 0) is 19.8 Å². The number of aryl methyl sites for hydroxylation is 1. The molecule has 0 N–H and O–H groups in total. The molecule has 9 nitrogen and oxygen atoms in total. The number of ether oxygens (including phenoxy) is 2. The molecule has 0 unspecified atom stereocenters. The van der Waals surface area contributed by atoms with Gasteiger partial charge in [-0.15, -0.1) is 0 Å². The first kappa shape index (κ1) is 17.7. The van der Waals surface area contributed by atoms with Gasteiger partial charge in [-0.2, -0.15) is 0 Å². The van der Waals surface area contributed by atoms with E-state index in [-0.39, 0.29) is 11.5 Å². The first-order valence-electron chi connectivity index (χ1n) is 9.07. The molecule has 1 amide bonds. The van der Waals surface area contributed by atoms with Gasteiger partial charge in [0, 0.05) is 44.6 Å². The number of methoxy groups -OCH3 is 1. The molecule has 0 saturated carbocycles. The average molecular weight is 373 g/mol. The SMILES string of the molecule is COc1nccnc1N1CCOC2(CCN(C(=O)c3cc(C)on3)CC2)C1. The van der Waals surface area contributed by atoms with Crippen molar-refractivity contribution in [2.24, 2.45) is 0 Å². The third kappa shape index (κ3) is 3.46. The molecule has 4 heterocycles. The minimum absolute atomic E-state index is 0.0926. The van der Waals surface area contributed by atoms with E-state index in [2.05, 4.69) is 20.0 Å². The normalized spacial score (nSPS) is 19.3. The van der Waals surface area contributed by atoms with Crippen molar-refractivity contribution < 1.29 is 18.8 Å². The van der Waals surface area contributed by atoms with Gasteiger partial charge in [-0.25, -0.2) is 9.97 Å². The maximum Gasteiger partial charge on any atom is 0.276 e. The highest BCUT2D eigenvalue weighted by atomic mass is 16.5. The predicted molar refractivity (Wildman–Crippen MR) is 95.9 cm³/mol. The number of morpholine rings is 1. The summed E-state index contributed by atoms with van der Waals surface area (Å²) in [7, 11) is 1.60. The first-order valence-corrected chi connectivity index (χ1v) is 9.07. The van der Waals surface area contributed by atoms with Gasteiger partial charge in [0.25, 0.3) is 11.8 Å². The Morgan fingerprint density at radius 3 is 2.70 bits per heavy atom. The van der Waals surface area contributed by atoms with E-state index in [0.717, 1.165) is 25.2 Å². The molecule has 2 aliphatic heterocycles. The Hall–Kier alpha value is -2.68. The fraction of sp³-hybridized carbons (Fsp3) is 0.556. The second-order valence-corrected chi connectivity index (χ2v) is 6.96. The lowest BCUT2D eigenvalue weighted by Crippen LogP contribution is -2.57. The van der Waals surface area contributed by atoms with Crippen molar-refractivity contribution in [3.8, 4) is 5.88 Å². The van der Waals surface area contributed by atoms with Crippen LogP contribution in [0.4, 0.5) is 5.82 Å². The molecule has 0 aliphatic carbocycles. The van der Waals surface area contributed by atoms with E-state index in [0.29, 0.717) is 43.6 Å². The number of amides is 1. The van der Waals surface area contributed by atoms with E-state index < -0.39 is 0 Å². The van der Waals surface area contributed by atoms with Crippen LogP contribution in [-0.2, 0) is 4.74 Å². The Labute approximate surface area is 157 Å². The van der Waals surface area contributed by atoms with Crippen LogP contribution in [-0.4, -0.2) is 71.4 Å². The van der Waals surface area contributed by atoms with E-state index in [9.17, 15) is 4.79 Å². The van der Waals surface area contributed by atoms with Gasteiger partial charge in [-0.1, -0.05) is 5.16 Å². The second kappa shape index (κ2) is 7.15. The van der Waals surface area contributed by atoms with Gasteiger partial charge in [0.1, 0.15) is 5.76 Å². The molecule has 2 saturated heterocycles. The lowest BCUT2D eigenvalue weighted by atomic mass is 9.89. The molecule has 2 aromatic heterocycles. The second-order valence-electron chi connectivity index (χ2n) is 6.96. The van der Waals surface area contributed by atoms with Crippen LogP contribution in [0.25, 0.3) is 0 Å². The number of carbonyl (C=O) groups is 1. The van der Waals surface area contributed by atoms with Gasteiger partial charge in [-0.3, -0.25) is 4.79 Å². The molecular weight excluding hydrogens is 350 g/mol. The van der Waals surface area contributed by atoms with Crippen molar-refractivity contribution in [2.75, 3.05) is 44.8 Å². The van der Waals surface area contributed by atoms with Gasteiger partial charge in [0.15, 0.2) is 11.5 Å². The number of hydrogen-bond donors (Lipinski definition) is 0. The van der Waals surface area contributed by atoms with Crippen molar-refractivity contribution >= 4 is 11.7 Å². The molecular formula is C18H23N5O4. The number of nitrogens with zero attached hydrogens (tertiary/aromatic N) is 5. The lowest BCUT2D eigenvalue weighted by molar-refractivity contribution is -0.0871. The Bertz CT molecular complexity index is 816. The van der Waals surface area contributed by atoms with Crippen molar-refractivity contribution in [1.82, 2.24) is 20.0 Å². The van der Waals surface area contributed by atoms with E-state index in [1.54, 1.807) is 32.5 Å². The van der Waals surface area contributed by atoms with Gasteiger partial charge >= 0.3 is 0 Å². The lowest BCUT2D eigenvalue weighted by Gasteiger charge is -2.47. The molecule has 0 aromatic carbocycles. The van der Waals surface area contributed by atoms with Crippen LogP contribution >= 0.6 is 0 Å². The van der Waals surface area contributed by atoms with E-state index in [1.165, 1.54) is 0 Å². The minimum Gasteiger partial charge on any atom is -0.478 e. The highest BCUT2D eigenvalue weighted by molar-refractivity contribution is 5.92. The molecule has 27 heavy (non-hydrogen) atoms. The Kier molecular flexibility index (Phi) is 4.69. The Morgan fingerprint density at radius 2 is 2.00 bits per heavy atom. The molecule has 4 rings (SSSR count). The summed E-state index contributed by atoms with van der Waals surface area (Å²) in [4.78, 5) is 25.2. The Balaban J connectivity index is 1.43. The molecule has 1 spiro atoms. The third-order valence-corrected chi connectivity index (χ3v) is 5.20. The summed E-state index contributed by atoms with van der Waals surface area (Å²) in [6, 6.07) is 1.67. The van der Waals surface area contributed by atoms with Crippen molar-refractivity contribution in [2.45, 2.75) is 25.4 Å². The van der Waals surface area contributed by atoms with Crippen LogP contribution in [0, 0.1) is 6.92 Å². The predicted octanol–water partition coefficient (Wildman–Crippen LogP) is 1.29. The Morgan fingerprint density at radius 1 is 1.22 bits per heavy atom. The number of piperidine rings is 1. The van der Waals surface area contributed by atoms with Crippen molar-refractivity contribution in [1.29, 1.82) is 0 Å². The smallest absolute Gasteiger partial charge is 0.276 e. The van der Waals surface area contributed by atoms with Gasteiger partial charge < -0.3 is 23.8 Å². The van der Waals surface area contributed by atoms with Crippen LogP contribution in [0.1, 0.15) is 29.1 Å². The molecule has 9 heteroatoms. The zero-order valence-electron chi connectivity index (χ0n) is 15.6. The number of rotatable bonds is 3. The van der Waals surface area contributed by atoms with E-state index >= 15 is 0 Å². The first-order chi connectivity index (χ1) is 13.1. The third-order valence-electron chi connectivity index (χ3n) is 5.20. The highest BCUT2D eigenvalue weighted by Crippen LogP contribution is 2.34. The molecule has 2 aliphatic rings. The molecule has 0 bridgehead atoms. The van der Waals surface area contributed by atoms with Crippen LogP contribution < -0.4 is 9.64 Å². The summed E-state index contributed by atoms with van der Waals surface area (Å²) < 4.78 is 16.5. The quantitative estimate of drug-likeness (QED) is 0.795. The molecule has 2 aromatic rings. The molecule has 0 radical (unpaired) electrons. The summed E-state index contributed by atoms with van der Waals surface area (Å²) in [6.45, 7) is 5.06. The average Bonchev–Trinajstić information content (AvgIpc) is 3.14.